The van der Waals surface area contributed by atoms with Crippen LogP contribution in [0.25, 0.3) is 0 Å². The summed E-state index contributed by atoms with van der Waals surface area (Å²) in [4.78, 5) is 0. The Morgan fingerprint density at radius 3 is 2.63 bits per heavy atom. The smallest absolute Gasteiger partial charge is 0.145 e. The number of rotatable bonds is 5. The highest BCUT2D eigenvalue weighted by atomic mass is 16.5. The van der Waals surface area contributed by atoms with Gasteiger partial charge in [0.2, 0.25) is 0 Å². The molecule has 102 valence electrons. The Bertz CT molecular complexity index is 551. The van der Waals surface area contributed by atoms with E-state index in [9.17, 15) is 0 Å². The van der Waals surface area contributed by atoms with Crippen molar-refractivity contribution in [1.29, 1.82) is 0 Å². The van der Waals surface area contributed by atoms with Crippen LogP contribution in [0.1, 0.15) is 18.5 Å². The van der Waals surface area contributed by atoms with E-state index in [-0.39, 0.29) is 6.04 Å². The lowest BCUT2D eigenvalue weighted by Gasteiger charge is -2.17. The van der Waals surface area contributed by atoms with Crippen molar-refractivity contribution in [2.75, 3.05) is 19.5 Å². The molecule has 0 spiro atoms. The molecule has 1 aromatic carbocycles. The Balaban J connectivity index is 2.18. The van der Waals surface area contributed by atoms with E-state index < -0.39 is 0 Å². The summed E-state index contributed by atoms with van der Waals surface area (Å²) < 4.78 is 12.3. The number of aryl methyl sites for hydroxylation is 1. The first-order chi connectivity index (χ1) is 9.13. The summed E-state index contributed by atoms with van der Waals surface area (Å²) in [7, 11) is 5.19. The highest BCUT2D eigenvalue weighted by Gasteiger charge is 2.11. The van der Waals surface area contributed by atoms with E-state index in [4.69, 9.17) is 9.47 Å². The molecule has 0 aliphatic carbocycles. The fraction of sp³-hybridized carbons (Fsp3) is 0.357. The maximum atomic E-state index is 5.37. The van der Waals surface area contributed by atoms with E-state index in [1.54, 1.807) is 18.9 Å². The van der Waals surface area contributed by atoms with E-state index in [2.05, 4.69) is 17.3 Å². The maximum Gasteiger partial charge on any atom is 0.145 e. The van der Waals surface area contributed by atoms with Gasteiger partial charge in [0.25, 0.3) is 0 Å². The Kier molecular flexibility index (Phi) is 3.94. The van der Waals surface area contributed by atoms with Gasteiger partial charge in [-0.1, -0.05) is 0 Å². The van der Waals surface area contributed by atoms with Crippen molar-refractivity contribution in [1.82, 2.24) is 9.78 Å². The van der Waals surface area contributed by atoms with Gasteiger partial charge in [-0.25, -0.2) is 0 Å². The number of nitrogens with one attached hydrogen (secondary N) is 1. The molecule has 5 heteroatoms. The lowest BCUT2D eigenvalue weighted by Crippen LogP contribution is -2.07. The topological polar surface area (TPSA) is 48.3 Å². The van der Waals surface area contributed by atoms with Gasteiger partial charge in [-0.2, -0.15) is 5.10 Å². The molecule has 0 aliphatic rings. The quantitative estimate of drug-likeness (QED) is 0.898. The van der Waals surface area contributed by atoms with Crippen LogP contribution >= 0.6 is 0 Å². The zero-order chi connectivity index (χ0) is 13.8. The van der Waals surface area contributed by atoms with Gasteiger partial charge in [-0.3, -0.25) is 4.68 Å². The van der Waals surface area contributed by atoms with Crippen molar-refractivity contribution in [2.24, 2.45) is 7.05 Å². The predicted octanol–water partition coefficient (Wildman–Crippen LogP) is 2.61. The molecule has 1 atom stereocenters. The van der Waals surface area contributed by atoms with Crippen LogP contribution in [0, 0.1) is 0 Å². The van der Waals surface area contributed by atoms with Crippen molar-refractivity contribution >= 4 is 5.69 Å². The average molecular weight is 261 g/mol. The Labute approximate surface area is 113 Å². The van der Waals surface area contributed by atoms with Crippen molar-refractivity contribution in [3.05, 3.63) is 36.2 Å². The molecule has 1 unspecified atom stereocenters. The molecule has 0 bridgehead atoms. The van der Waals surface area contributed by atoms with Crippen LogP contribution in [-0.4, -0.2) is 24.0 Å². The summed E-state index contributed by atoms with van der Waals surface area (Å²) in [5, 5.41) is 7.58. The average Bonchev–Trinajstić information content (AvgIpc) is 2.86. The van der Waals surface area contributed by atoms with Gasteiger partial charge >= 0.3 is 0 Å². The third-order valence-corrected chi connectivity index (χ3v) is 3.01. The Morgan fingerprint density at radius 1 is 1.26 bits per heavy atom. The van der Waals surface area contributed by atoms with Crippen LogP contribution in [0.15, 0.2) is 30.6 Å². The number of nitrogens with zero attached hydrogens (tertiary/aromatic N) is 2. The fourth-order valence-electron chi connectivity index (χ4n) is 1.90. The molecule has 0 aliphatic heterocycles. The Morgan fingerprint density at radius 2 is 2.05 bits per heavy atom. The van der Waals surface area contributed by atoms with Gasteiger partial charge in [-0.15, -0.1) is 0 Å². The normalized spacial score (nSPS) is 12.0. The highest BCUT2D eigenvalue weighted by molar-refractivity contribution is 5.60. The zero-order valence-corrected chi connectivity index (χ0v) is 11.7. The van der Waals surface area contributed by atoms with Crippen molar-refractivity contribution in [2.45, 2.75) is 13.0 Å². The van der Waals surface area contributed by atoms with Gasteiger partial charge in [0.1, 0.15) is 11.5 Å². The minimum atomic E-state index is 0.149. The van der Waals surface area contributed by atoms with Crippen LogP contribution in [0.3, 0.4) is 0 Å². The number of anilines is 1. The third-order valence-electron chi connectivity index (χ3n) is 3.01. The predicted molar refractivity (Wildman–Crippen MR) is 74.8 cm³/mol. The zero-order valence-electron chi connectivity index (χ0n) is 11.7. The SMILES string of the molecule is COc1ccc(NC(C)c2cnn(C)c2)c(OC)c1. The molecule has 0 saturated heterocycles. The van der Waals surface area contributed by atoms with Crippen LogP contribution in [0.4, 0.5) is 5.69 Å². The van der Waals surface area contributed by atoms with E-state index in [1.807, 2.05) is 37.6 Å². The minimum absolute atomic E-state index is 0.149. The van der Waals surface area contributed by atoms with Gasteiger partial charge in [0.05, 0.1) is 32.1 Å². The van der Waals surface area contributed by atoms with Gasteiger partial charge in [0.15, 0.2) is 0 Å². The van der Waals surface area contributed by atoms with Crippen molar-refractivity contribution in [3.63, 3.8) is 0 Å². The second-order valence-corrected chi connectivity index (χ2v) is 4.38. The van der Waals surface area contributed by atoms with Crippen LogP contribution in [0.2, 0.25) is 0 Å². The maximum absolute atomic E-state index is 5.37. The van der Waals surface area contributed by atoms with E-state index in [1.165, 1.54) is 0 Å². The molecule has 1 N–H and O–H groups in total. The van der Waals surface area contributed by atoms with Crippen molar-refractivity contribution < 1.29 is 9.47 Å². The van der Waals surface area contributed by atoms with Crippen LogP contribution < -0.4 is 14.8 Å². The first-order valence-electron chi connectivity index (χ1n) is 6.11. The standard InChI is InChI=1S/C14H19N3O2/c1-10(11-8-15-17(2)9-11)16-13-6-5-12(18-3)7-14(13)19-4/h5-10,16H,1-4H3. The lowest BCUT2D eigenvalue weighted by atomic mass is 10.1. The molecule has 0 saturated carbocycles. The summed E-state index contributed by atoms with van der Waals surface area (Å²) in [6.07, 6.45) is 3.85. The molecule has 0 radical (unpaired) electrons. The summed E-state index contributed by atoms with van der Waals surface area (Å²) in [5.41, 5.74) is 2.06. The molecule has 0 amide bonds. The summed E-state index contributed by atoms with van der Waals surface area (Å²) in [5.74, 6) is 1.53. The molecule has 2 aromatic rings. The van der Waals surface area contributed by atoms with E-state index >= 15 is 0 Å². The molecular weight excluding hydrogens is 242 g/mol. The van der Waals surface area contributed by atoms with E-state index in [0.29, 0.717) is 0 Å². The van der Waals surface area contributed by atoms with Gasteiger partial charge in [-0.05, 0) is 19.1 Å². The summed E-state index contributed by atoms with van der Waals surface area (Å²) in [6.45, 7) is 2.08. The largest absolute Gasteiger partial charge is 0.497 e. The monoisotopic (exact) mass is 261 g/mol. The number of methoxy groups -OCH3 is 2. The Hall–Kier alpha value is -2.17. The van der Waals surface area contributed by atoms with Crippen LogP contribution in [-0.2, 0) is 7.05 Å². The summed E-state index contributed by atoms with van der Waals surface area (Å²) >= 11 is 0. The molecule has 2 rings (SSSR count). The molecule has 1 aromatic heterocycles. The molecule has 5 nitrogen and oxygen atoms in total. The van der Waals surface area contributed by atoms with Crippen LogP contribution in [0.5, 0.6) is 11.5 Å². The van der Waals surface area contributed by atoms with Crippen molar-refractivity contribution in [3.8, 4) is 11.5 Å². The number of hydrogen-bond donors (Lipinski definition) is 1. The minimum Gasteiger partial charge on any atom is -0.497 e. The molecule has 1 heterocycles. The highest BCUT2D eigenvalue weighted by Crippen LogP contribution is 2.31. The number of aromatic nitrogens is 2. The number of ether oxygens (including phenoxy) is 2. The number of benzene rings is 1. The second-order valence-electron chi connectivity index (χ2n) is 4.38. The first kappa shape index (κ1) is 13.3. The molecule has 19 heavy (non-hydrogen) atoms. The second kappa shape index (κ2) is 5.65. The fourth-order valence-corrected chi connectivity index (χ4v) is 1.90. The van der Waals surface area contributed by atoms with E-state index in [0.717, 1.165) is 22.7 Å². The van der Waals surface area contributed by atoms with Gasteiger partial charge < -0.3 is 14.8 Å². The summed E-state index contributed by atoms with van der Waals surface area (Å²) in [6, 6.07) is 5.86. The third kappa shape index (κ3) is 2.99. The number of hydrogen-bond acceptors (Lipinski definition) is 4. The first-order valence-corrected chi connectivity index (χ1v) is 6.11. The lowest BCUT2D eigenvalue weighted by molar-refractivity contribution is 0.395. The molecular formula is C14H19N3O2. The van der Waals surface area contributed by atoms with Gasteiger partial charge in [0, 0.05) is 24.9 Å². The molecule has 0 fully saturated rings.